The zero-order chi connectivity index (χ0) is 16.4. The van der Waals surface area contributed by atoms with E-state index in [4.69, 9.17) is 20.9 Å². The number of hydrogen-bond donors (Lipinski definition) is 1. The maximum Gasteiger partial charge on any atom is 0.156 e. The van der Waals surface area contributed by atoms with Crippen LogP contribution in [0.1, 0.15) is 11.5 Å². The van der Waals surface area contributed by atoms with Gasteiger partial charge in [0, 0.05) is 36.1 Å². The van der Waals surface area contributed by atoms with Gasteiger partial charge in [-0.15, -0.1) is 0 Å². The Balaban J connectivity index is 1.71. The van der Waals surface area contributed by atoms with Crippen LogP contribution in [0.15, 0.2) is 35.0 Å². The second kappa shape index (κ2) is 6.34. The highest BCUT2D eigenvalue weighted by Crippen LogP contribution is 2.28. The number of aryl methyl sites for hydroxylation is 1. The molecule has 0 spiro atoms. The molecule has 2 aromatic heterocycles. The number of nitrogens with zero attached hydrogens (tertiary/aromatic N) is 3. The van der Waals surface area contributed by atoms with Crippen molar-refractivity contribution in [2.45, 2.75) is 13.5 Å². The van der Waals surface area contributed by atoms with E-state index in [1.807, 2.05) is 36.9 Å². The Kier molecular flexibility index (Phi) is 4.25. The van der Waals surface area contributed by atoms with E-state index < -0.39 is 0 Å². The minimum atomic E-state index is 0.511. The van der Waals surface area contributed by atoms with E-state index in [2.05, 4.69) is 15.6 Å². The van der Waals surface area contributed by atoms with E-state index in [1.165, 1.54) is 0 Å². The second-order valence-electron chi connectivity index (χ2n) is 5.15. The molecule has 1 aromatic carbocycles. The third kappa shape index (κ3) is 3.17. The van der Waals surface area contributed by atoms with Crippen LogP contribution in [0, 0.1) is 6.92 Å². The number of halogens is 1. The predicted molar refractivity (Wildman–Crippen MR) is 88.8 cm³/mol. The first kappa shape index (κ1) is 15.4. The highest BCUT2D eigenvalue weighted by atomic mass is 35.5. The van der Waals surface area contributed by atoms with Crippen LogP contribution >= 0.6 is 11.6 Å². The Bertz CT molecular complexity index is 825. The molecular weight excluding hydrogens is 316 g/mol. The number of rotatable bonds is 5. The number of aromatic nitrogens is 3. The SMILES string of the molecule is COc1cc(NCc2cc(-c3cnn(C)c3C)no2)ccc1Cl. The lowest BCUT2D eigenvalue weighted by Gasteiger charge is -2.07. The largest absolute Gasteiger partial charge is 0.495 e. The molecule has 0 bridgehead atoms. The minimum Gasteiger partial charge on any atom is -0.495 e. The van der Waals surface area contributed by atoms with Crippen LogP contribution in [-0.4, -0.2) is 22.0 Å². The van der Waals surface area contributed by atoms with Gasteiger partial charge >= 0.3 is 0 Å². The Hall–Kier alpha value is -2.47. The first-order chi connectivity index (χ1) is 11.1. The van der Waals surface area contributed by atoms with Crippen LogP contribution in [0.25, 0.3) is 11.3 Å². The zero-order valence-electron chi connectivity index (χ0n) is 13.1. The summed E-state index contributed by atoms with van der Waals surface area (Å²) in [6.07, 6.45) is 1.79. The smallest absolute Gasteiger partial charge is 0.156 e. The molecule has 0 saturated heterocycles. The lowest BCUT2D eigenvalue weighted by atomic mass is 10.2. The van der Waals surface area contributed by atoms with Crippen molar-refractivity contribution < 1.29 is 9.26 Å². The van der Waals surface area contributed by atoms with Crippen LogP contribution in [0.2, 0.25) is 5.02 Å². The number of methoxy groups -OCH3 is 1. The molecule has 0 amide bonds. The first-order valence-corrected chi connectivity index (χ1v) is 7.48. The zero-order valence-corrected chi connectivity index (χ0v) is 13.9. The number of hydrogen-bond acceptors (Lipinski definition) is 5. The Morgan fingerprint density at radius 3 is 2.87 bits per heavy atom. The summed E-state index contributed by atoms with van der Waals surface area (Å²) in [5, 5.41) is 12.2. The monoisotopic (exact) mass is 332 g/mol. The topological polar surface area (TPSA) is 65.1 Å². The van der Waals surface area contributed by atoms with Crippen molar-refractivity contribution in [2.75, 3.05) is 12.4 Å². The molecule has 0 unspecified atom stereocenters. The van der Waals surface area contributed by atoms with Gasteiger partial charge in [0.1, 0.15) is 11.4 Å². The normalized spacial score (nSPS) is 10.8. The van der Waals surface area contributed by atoms with E-state index in [1.54, 1.807) is 19.4 Å². The molecule has 7 heteroatoms. The third-order valence-corrected chi connectivity index (χ3v) is 4.00. The van der Waals surface area contributed by atoms with Gasteiger partial charge in [0.05, 0.1) is 24.9 Å². The molecule has 2 heterocycles. The summed E-state index contributed by atoms with van der Waals surface area (Å²) in [6, 6.07) is 7.41. The summed E-state index contributed by atoms with van der Waals surface area (Å²) in [7, 11) is 3.49. The fourth-order valence-corrected chi connectivity index (χ4v) is 2.43. The highest BCUT2D eigenvalue weighted by molar-refractivity contribution is 6.32. The maximum atomic E-state index is 6.01. The van der Waals surface area contributed by atoms with Crippen molar-refractivity contribution in [2.24, 2.45) is 7.05 Å². The summed E-state index contributed by atoms with van der Waals surface area (Å²) >= 11 is 6.01. The molecule has 0 saturated carbocycles. The van der Waals surface area contributed by atoms with Crippen molar-refractivity contribution in [3.63, 3.8) is 0 Å². The number of benzene rings is 1. The van der Waals surface area contributed by atoms with Crippen molar-refractivity contribution in [1.29, 1.82) is 0 Å². The van der Waals surface area contributed by atoms with Crippen LogP contribution < -0.4 is 10.1 Å². The predicted octanol–water partition coefficient (Wildman–Crippen LogP) is 3.66. The fraction of sp³-hybridized carbons (Fsp3) is 0.250. The van der Waals surface area contributed by atoms with Gasteiger partial charge in [-0.25, -0.2) is 0 Å². The van der Waals surface area contributed by atoms with Crippen molar-refractivity contribution in [3.8, 4) is 17.0 Å². The van der Waals surface area contributed by atoms with Gasteiger partial charge in [-0.1, -0.05) is 16.8 Å². The van der Waals surface area contributed by atoms with Crippen LogP contribution in [0.4, 0.5) is 5.69 Å². The van der Waals surface area contributed by atoms with Crippen molar-refractivity contribution >= 4 is 17.3 Å². The van der Waals surface area contributed by atoms with E-state index in [0.29, 0.717) is 17.3 Å². The van der Waals surface area contributed by atoms with E-state index in [-0.39, 0.29) is 0 Å². The molecule has 3 aromatic rings. The molecule has 23 heavy (non-hydrogen) atoms. The number of anilines is 1. The molecule has 3 rings (SSSR count). The molecule has 6 nitrogen and oxygen atoms in total. The fourth-order valence-electron chi connectivity index (χ4n) is 2.23. The van der Waals surface area contributed by atoms with Gasteiger partial charge in [0.25, 0.3) is 0 Å². The van der Waals surface area contributed by atoms with Gasteiger partial charge < -0.3 is 14.6 Å². The second-order valence-corrected chi connectivity index (χ2v) is 5.56. The van der Waals surface area contributed by atoms with E-state index in [9.17, 15) is 0 Å². The van der Waals surface area contributed by atoms with Gasteiger partial charge in [0.15, 0.2) is 5.76 Å². The van der Waals surface area contributed by atoms with Gasteiger partial charge in [0.2, 0.25) is 0 Å². The summed E-state index contributed by atoms with van der Waals surface area (Å²) in [4.78, 5) is 0. The van der Waals surface area contributed by atoms with Crippen LogP contribution in [0.5, 0.6) is 5.75 Å². The molecule has 0 fully saturated rings. The average Bonchev–Trinajstić information content (AvgIpc) is 3.14. The minimum absolute atomic E-state index is 0.511. The lowest BCUT2D eigenvalue weighted by molar-refractivity contribution is 0.390. The molecule has 0 aliphatic carbocycles. The molecule has 0 aliphatic rings. The summed E-state index contributed by atoms with van der Waals surface area (Å²) in [5.74, 6) is 1.36. The quantitative estimate of drug-likeness (QED) is 0.772. The Labute approximate surface area is 139 Å². The van der Waals surface area contributed by atoms with Gasteiger partial charge in [-0.05, 0) is 19.1 Å². The summed E-state index contributed by atoms with van der Waals surface area (Å²) in [5.41, 5.74) is 3.68. The van der Waals surface area contributed by atoms with Crippen LogP contribution in [-0.2, 0) is 13.6 Å². The molecule has 120 valence electrons. The molecule has 0 atom stereocenters. The summed E-state index contributed by atoms with van der Waals surface area (Å²) < 4.78 is 12.4. The highest BCUT2D eigenvalue weighted by Gasteiger charge is 2.12. The average molecular weight is 333 g/mol. The molecule has 1 N–H and O–H groups in total. The number of ether oxygens (including phenoxy) is 1. The van der Waals surface area contributed by atoms with E-state index >= 15 is 0 Å². The van der Waals surface area contributed by atoms with Gasteiger partial charge in [-0.2, -0.15) is 5.10 Å². The first-order valence-electron chi connectivity index (χ1n) is 7.10. The molecular formula is C16H17ClN4O2. The molecule has 0 radical (unpaired) electrons. The lowest BCUT2D eigenvalue weighted by Crippen LogP contribution is -1.98. The van der Waals surface area contributed by atoms with Gasteiger partial charge in [-0.3, -0.25) is 4.68 Å². The third-order valence-electron chi connectivity index (χ3n) is 3.69. The Morgan fingerprint density at radius 2 is 2.17 bits per heavy atom. The maximum absolute atomic E-state index is 6.01. The summed E-state index contributed by atoms with van der Waals surface area (Å²) in [6.45, 7) is 2.51. The number of nitrogens with one attached hydrogen (secondary N) is 1. The molecule has 0 aliphatic heterocycles. The Morgan fingerprint density at radius 1 is 1.35 bits per heavy atom. The van der Waals surface area contributed by atoms with Crippen molar-refractivity contribution in [3.05, 3.63) is 46.9 Å². The van der Waals surface area contributed by atoms with E-state index in [0.717, 1.165) is 28.4 Å². The standard InChI is InChI=1S/C16H17ClN4O2/c1-10-13(9-19-21(10)2)15-7-12(23-20-15)8-18-11-4-5-14(17)16(6-11)22-3/h4-7,9,18H,8H2,1-3H3. The van der Waals surface area contributed by atoms with Crippen LogP contribution in [0.3, 0.4) is 0 Å². The van der Waals surface area contributed by atoms with Crippen molar-refractivity contribution in [1.82, 2.24) is 14.9 Å².